The lowest BCUT2D eigenvalue weighted by molar-refractivity contribution is 0.102. The summed E-state index contributed by atoms with van der Waals surface area (Å²) in [5, 5.41) is 3.32. The molecule has 0 fully saturated rings. The van der Waals surface area contributed by atoms with Crippen molar-refractivity contribution in [1.82, 2.24) is 0 Å². The summed E-state index contributed by atoms with van der Waals surface area (Å²) in [7, 11) is 0. The van der Waals surface area contributed by atoms with Gasteiger partial charge in [-0.3, -0.25) is 4.79 Å². The number of hydrogen-bond acceptors (Lipinski definition) is 2. The number of carbonyl (C=O) groups is 1. The lowest BCUT2D eigenvalue weighted by Crippen LogP contribution is -2.16. The Hall–Kier alpha value is -1.36. The average molecular weight is 354 g/mol. The van der Waals surface area contributed by atoms with Gasteiger partial charge >= 0.3 is 0 Å². The van der Waals surface area contributed by atoms with Gasteiger partial charge in [-0.1, -0.05) is 45.7 Å². The smallest absolute Gasteiger partial charge is 0.255 e. The highest BCUT2D eigenvalue weighted by molar-refractivity contribution is 9.10. The van der Waals surface area contributed by atoms with Gasteiger partial charge < -0.3 is 11.1 Å². The van der Waals surface area contributed by atoms with E-state index in [1.54, 1.807) is 18.2 Å². The maximum absolute atomic E-state index is 12.3. The van der Waals surface area contributed by atoms with Crippen LogP contribution in [-0.4, -0.2) is 12.5 Å². The monoisotopic (exact) mass is 352 g/mol. The summed E-state index contributed by atoms with van der Waals surface area (Å²) in [4.78, 5) is 12.3. The highest BCUT2D eigenvalue weighted by atomic mass is 79.9. The summed E-state index contributed by atoms with van der Waals surface area (Å²) in [6.07, 6.45) is 0.663. The van der Waals surface area contributed by atoms with Gasteiger partial charge in [-0.2, -0.15) is 0 Å². The molecule has 0 saturated carbocycles. The van der Waals surface area contributed by atoms with Crippen molar-refractivity contribution in [2.75, 3.05) is 11.9 Å². The fourth-order valence-electron chi connectivity index (χ4n) is 1.90. The normalized spacial score (nSPS) is 10.3. The third-order valence-corrected chi connectivity index (χ3v) is 3.68. The van der Waals surface area contributed by atoms with Gasteiger partial charge in [0, 0.05) is 10.0 Å². The van der Waals surface area contributed by atoms with Gasteiger partial charge in [0.25, 0.3) is 5.91 Å². The van der Waals surface area contributed by atoms with Crippen molar-refractivity contribution in [3.05, 3.63) is 63.1 Å². The Morgan fingerprint density at radius 1 is 1.25 bits per heavy atom. The molecule has 20 heavy (non-hydrogen) atoms. The molecule has 0 heterocycles. The Labute approximate surface area is 131 Å². The molecule has 0 radical (unpaired) electrons. The third-order valence-electron chi connectivity index (χ3n) is 2.85. The highest BCUT2D eigenvalue weighted by Crippen LogP contribution is 2.26. The van der Waals surface area contributed by atoms with Crippen LogP contribution >= 0.6 is 27.5 Å². The van der Waals surface area contributed by atoms with Crippen LogP contribution < -0.4 is 11.1 Å². The Kier molecular flexibility index (Phi) is 5.17. The Morgan fingerprint density at radius 3 is 2.75 bits per heavy atom. The van der Waals surface area contributed by atoms with E-state index in [2.05, 4.69) is 21.2 Å². The molecular weight excluding hydrogens is 340 g/mol. The second-order valence-corrected chi connectivity index (χ2v) is 5.60. The number of rotatable bonds is 4. The minimum atomic E-state index is -0.186. The van der Waals surface area contributed by atoms with Crippen molar-refractivity contribution in [2.45, 2.75) is 6.42 Å². The van der Waals surface area contributed by atoms with Crippen LogP contribution in [0.25, 0.3) is 0 Å². The lowest BCUT2D eigenvalue weighted by Gasteiger charge is -2.11. The van der Waals surface area contributed by atoms with Gasteiger partial charge in [-0.25, -0.2) is 0 Å². The third kappa shape index (κ3) is 3.60. The summed E-state index contributed by atoms with van der Waals surface area (Å²) in [6.45, 7) is 0.502. The first-order valence-corrected chi connectivity index (χ1v) is 7.33. The molecule has 2 rings (SSSR count). The molecule has 0 aliphatic carbocycles. The zero-order valence-electron chi connectivity index (χ0n) is 10.7. The SMILES string of the molecule is NCCc1ccccc1C(=O)Nc1cc(Br)ccc1Cl. The van der Waals surface area contributed by atoms with Gasteiger partial charge in [0.2, 0.25) is 0 Å². The summed E-state index contributed by atoms with van der Waals surface area (Å²) in [5.74, 6) is -0.186. The predicted octanol–water partition coefficient (Wildman–Crippen LogP) is 3.86. The maximum atomic E-state index is 12.3. The van der Waals surface area contributed by atoms with Crippen LogP contribution in [0.4, 0.5) is 5.69 Å². The quantitative estimate of drug-likeness (QED) is 0.877. The summed E-state index contributed by atoms with van der Waals surface area (Å²) < 4.78 is 0.854. The van der Waals surface area contributed by atoms with E-state index in [-0.39, 0.29) is 5.91 Å². The molecule has 3 nitrogen and oxygen atoms in total. The van der Waals surface area contributed by atoms with Crippen LogP contribution in [0.5, 0.6) is 0 Å². The number of nitrogens with one attached hydrogen (secondary N) is 1. The number of anilines is 1. The largest absolute Gasteiger partial charge is 0.330 e. The van der Waals surface area contributed by atoms with Crippen molar-refractivity contribution < 1.29 is 4.79 Å². The molecule has 0 saturated heterocycles. The van der Waals surface area contributed by atoms with Crippen LogP contribution in [0.3, 0.4) is 0 Å². The van der Waals surface area contributed by atoms with E-state index in [4.69, 9.17) is 17.3 Å². The van der Waals surface area contributed by atoms with Crippen LogP contribution in [0.1, 0.15) is 15.9 Å². The fraction of sp³-hybridized carbons (Fsp3) is 0.133. The van der Waals surface area contributed by atoms with Gasteiger partial charge in [-0.15, -0.1) is 0 Å². The molecule has 3 N–H and O–H groups in total. The number of nitrogens with two attached hydrogens (primary N) is 1. The second kappa shape index (κ2) is 6.88. The Bertz CT molecular complexity index is 631. The number of amides is 1. The van der Waals surface area contributed by atoms with Crippen molar-refractivity contribution in [3.63, 3.8) is 0 Å². The van der Waals surface area contributed by atoms with E-state index in [9.17, 15) is 4.79 Å². The molecule has 5 heteroatoms. The molecule has 0 aromatic heterocycles. The van der Waals surface area contributed by atoms with Gasteiger partial charge in [0.05, 0.1) is 10.7 Å². The molecule has 0 aliphatic heterocycles. The fourth-order valence-corrected chi connectivity index (χ4v) is 2.42. The summed E-state index contributed by atoms with van der Waals surface area (Å²) >= 11 is 9.43. The van der Waals surface area contributed by atoms with Gasteiger partial charge in [0.1, 0.15) is 0 Å². The number of carbonyl (C=O) groups excluding carboxylic acids is 1. The van der Waals surface area contributed by atoms with Gasteiger partial charge in [0.15, 0.2) is 0 Å². The first-order chi connectivity index (χ1) is 9.61. The van der Waals surface area contributed by atoms with E-state index in [0.717, 1.165) is 10.0 Å². The molecule has 104 valence electrons. The van der Waals surface area contributed by atoms with Crippen LogP contribution in [0.2, 0.25) is 5.02 Å². The van der Waals surface area contributed by atoms with Crippen LogP contribution in [-0.2, 0) is 6.42 Å². The topological polar surface area (TPSA) is 55.1 Å². The zero-order chi connectivity index (χ0) is 14.5. The van der Waals surface area contributed by atoms with Crippen molar-refractivity contribution >= 4 is 39.1 Å². The van der Waals surface area contributed by atoms with Crippen LogP contribution in [0, 0.1) is 0 Å². The van der Waals surface area contributed by atoms with E-state index < -0.39 is 0 Å². The zero-order valence-corrected chi connectivity index (χ0v) is 13.0. The first-order valence-electron chi connectivity index (χ1n) is 6.16. The Balaban J connectivity index is 2.26. The highest BCUT2D eigenvalue weighted by Gasteiger charge is 2.12. The molecule has 0 aliphatic rings. The molecule has 0 unspecified atom stereocenters. The molecule has 2 aromatic rings. The first kappa shape index (κ1) is 15.0. The van der Waals surface area contributed by atoms with E-state index in [1.807, 2.05) is 24.3 Å². The second-order valence-electron chi connectivity index (χ2n) is 4.27. The van der Waals surface area contributed by atoms with Crippen molar-refractivity contribution in [2.24, 2.45) is 5.73 Å². The molecule has 2 aromatic carbocycles. The predicted molar refractivity (Wildman–Crippen MR) is 86.3 cm³/mol. The number of halogens is 2. The maximum Gasteiger partial charge on any atom is 0.255 e. The standard InChI is InChI=1S/C15H14BrClN2O/c16-11-5-6-13(17)14(9-11)19-15(20)12-4-2-1-3-10(12)7-8-18/h1-6,9H,7-8,18H2,(H,19,20). The van der Waals surface area contributed by atoms with Crippen molar-refractivity contribution in [3.8, 4) is 0 Å². The summed E-state index contributed by atoms with van der Waals surface area (Å²) in [6, 6.07) is 12.7. The minimum absolute atomic E-state index is 0.186. The number of hydrogen-bond donors (Lipinski definition) is 2. The molecule has 0 bridgehead atoms. The molecule has 0 atom stereocenters. The average Bonchev–Trinajstić information content (AvgIpc) is 2.44. The minimum Gasteiger partial charge on any atom is -0.330 e. The van der Waals surface area contributed by atoms with E-state index >= 15 is 0 Å². The molecule has 0 spiro atoms. The molecular formula is C15H14BrClN2O. The molecule has 1 amide bonds. The van der Waals surface area contributed by atoms with Crippen LogP contribution in [0.15, 0.2) is 46.9 Å². The van der Waals surface area contributed by atoms with E-state index in [0.29, 0.717) is 29.2 Å². The van der Waals surface area contributed by atoms with E-state index in [1.165, 1.54) is 0 Å². The van der Waals surface area contributed by atoms with Crippen molar-refractivity contribution in [1.29, 1.82) is 0 Å². The summed E-state index contributed by atoms with van der Waals surface area (Å²) in [5.41, 5.74) is 7.69. The Morgan fingerprint density at radius 2 is 2.00 bits per heavy atom. The lowest BCUT2D eigenvalue weighted by atomic mass is 10.0. The van der Waals surface area contributed by atoms with Gasteiger partial charge in [-0.05, 0) is 42.8 Å². The number of benzene rings is 2.